The molecular formula is C71H63BCl3N12NaO12S3. The van der Waals surface area contributed by atoms with Crippen molar-refractivity contribution in [2.24, 2.45) is 0 Å². The third-order valence-electron chi connectivity index (χ3n) is 9.15. The molecule has 2 amide bonds. The number of aromatic nitrogens is 9. The van der Waals surface area contributed by atoms with Gasteiger partial charge in [0, 0.05) is 52.9 Å². The summed E-state index contributed by atoms with van der Waals surface area (Å²) in [7, 11) is 1.43. The van der Waals surface area contributed by atoms with E-state index in [4.69, 9.17) is 72.6 Å². The average Bonchev–Trinajstić information content (AvgIpc) is 1.66. The monoisotopic (exact) mass is 1510 g/mol. The Kier molecular flexibility index (Phi) is 64.9. The van der Waals surface area contributed by atoms with Crippen molar-refractivity contribution in [1.29, 1.82) is 0 Å². The Morgan fingerprint density at radius 1 is 0.592 bits per heavy atom. The van der Waals surface area contributed by atoms with Gasteiger partial charge < -0.3 is 25.3 Å². The predicted molar refractivity (Wildman–Crippen MR) is 402 cm³/mol. The fourth-order valence-corrected chi connectivity index (χ4v) is 7.30. The van der Waals surface area contributed by atoms with Crippen LogP contribution in [-0.2, 0) is 43.6 Å². The van der Waals surface area contributed by atoms with Gasteiger partial charge in [0.25, 0.3) is 5.97 Å². The summed E-state index contributed by atoms with van der Waals surface area (Å²) in [5, 5.41) is 42.7. The summed E-state index contributed by atoms with van der Waals surface area (Å²) in [5.74, 6) is 62.3. The minimum absolute atomic E-state index is 0. The molecule has 6 heterocycles. The van der Waals surface area contributed by atoms with Crippen LogP contribution in [0.15, 0.2) is 92.2 Å². The number of pyridine rings is 3. The number of carboxylic acids is 2. The summed E-state index contributed by atoms with van der Waals surface area (Å²) in [5.41, 5.74) is 4.07. The van der Waals surface area contributed by atoms with E-state index < -0.39 is 33.4 Å². The number of aliphatic carboxylic acids is 2. The maximum Gasteiger partial charge on any atom is 1.00 e. The summed E-state index contributed by atoms with van der Waals surface area (Å²) in [6.45, 7) is 7.95. The van der Waals surface area contributed by atoms with E-state index in [2.05, 4.69) is 199 Å². The van der Waals surface area contributed by atoms with Crippen molar-refractivity contribution in [3.63, 3.8) is 0 Å². The molecule has 0 spiro atoms. The first-order valence-electron chi connectivity index (χ1n) is 27.1. The van der Waals surface area contributed by atoms with Gasteiger partial charge in [-0.05, 0) is 207 Å². The zero-order chi connectivity index (χ0) is 76.5. The fraction of sp³-hybridized carbons (Fsp3) is 0.211. The van der Waals surface area contributed by atoms with Crippen LogP contribution in [0.1, 0.15) is 42.0 Å². The molecule has 0 aliphatic rings. The average molecular weight is 1510 g/mol. The van der Waals surface area contributed by atoms with Gasteiger partial charge >= 0.3 is 62.7 Å². The molecule has 0 saturated carbocycles. The predicted octanol–water partition coefficient (Wildman–Crippen LogP) is 3.82. The van der Waals surface area contributed by atoms with E-state index >= 15 is 0 Å². The van der Waals surface area contributed by atoms with Gasteiger partial charge in [0.1, 0.15) is 17.1 Å². The minimum Gasteiger partial charge on any atom is 1.00 e. The van der Waals surface area contributed by atoms with Gasteiger partial charge in [-0.25, -0.2) is 22.5 Å². The number of thioether (sulfide) groups is 2. The number of carbonyl (C=O) groups excluding carboxylic acids is 2. The molecule has 6 aromatic heterocycles. The molecule has 522 valence electrons. The molecule has 103 heavy (non-hydrogen) atoms. The van der Waals surface area contributed by atoms with Crippen LogP contribution in [0.3, 0.4) is 0 Å². The SMILES string of the molecule is C.C#CC#CC#CC#CC.C#CC#CC#CC#CC#CC.CC#CC#CC#CC#CC#CC.CC(=O)O.CN(C(=O)CS(C)(=O)=O)c1cn(-c2cccnc2)nc1Cl.CNc1cn(-c2cccnc2)nc1Cl.CSCC(=O)N(C)c1cn(-c2cccnc2)nc1Cl.CSCC(=O)O.O=BOO[O-].[Na+]. The molecule has 32 heteroatoms. The summed E-state index contributed by atoms with van der Waals surface area (Å²) in [4.78, 5) is 60.1. The number of nitrogens with zero attached hydrogens (tertiary/aromatic N) is 11. The van der Waals surface area contributed by atoms with Crippen molar-refractivity contribution in [2.75, 3.05) is 72.3 Å². The molecule has 0 aromatic carbocycles. The molecule has 0 bridgehead atoms. The number of carboxylic acid groups (broad SMARTS) is 2. The number of nitrogens with one attached hydrogen (secondary N) is 1. The standard InChI is InChI=1S/C12H13ClN4O3S.C12H13ClN4OS.C12H6.C11H4.C9H9ClN4.C9H4.C3H6O2S.C2H4O2.CH4.BHO4.Na/c1-16(11(18)8-21(2,19)20)10-7-17(15-12(10)13)9-4-3-5-14-6-9;1-16(11(18)8-19-2)10-7-17(15-12(10)13)9-4-3-5-14-6-9;1-3-5-7-9-11-12-10-8-6-4-2;1-3-5-7-9-11-10-8-6-4-2;1-11-8-6-14(13-9(8)10)7-3-2-4-12-5-7;1-3-5-7-9-8-6-4-2;1-6-2-3(4)5;1-2(3)4;;2-1-4-5-3;/h3-7H,8H2,1-2H3;3-7H,8H2,1-2H3;1-2H3;1H,2H3;2-6,11H,1H3;1H,2H3;2H2,1H3,(H,4,5);1H3,(H,3,4);1H4;3H;/q;;;;;;;;;;+1/p-1. The molecule has 3 N–H and O–H groups in total. The van der Waals surface area contributed by atoms with Gasteiger partial charge in [0.05, 0.1) is 71.4 Å². The number of sulfone groups is 1. The van der Waals surface area contributed by atoms with Crippen LogP contribution in [-0.4, -0.2) is 151 Å². The van der Waals surface area contributed by atoms with Crippen molar-refractivity contribution in [2.45, 2.75) is 42.0 Å². The largest absolute Gasteiger partial charge is 1.00 e. The second-order valence-corrected chi connectivity index (χ2v) is 21.4. The Bertz CT molecular complexity index is 4650. The molecule has 0 aliphatic carbocycles. The van der Waals surface area contributed by atoms with E-state index in [1.165, 1.54) is 45.1 Å². The molecule has 0 fully saturated rings. The van der Waals surface area contributed by atoms with Crippen LogP contribution in [0.4, 0.5) is 17.1 Å². The third kappa shape index (κ3) is 54.2. The Balaban J connectivity index is -0.000000363. The van der Waals surface area contributed by atoms with Crippen LogP contribution in [0.2, 0.25) is 15.5 Å². The van der Waals surface area contributed by atoms with Gasteiger partial charge in [-0.1, -0.05) is 65.9 Å². The third-order valence-corrected chi connectivity index (χ3v) is 11.8. The van der Waals surface area contributed by atoms with E-state index in [1.807, 2.05) is 36.7 Å². The molecule has 0 radical (unpaired) electrons. The zero-order valence-corrected chi connectivity index (χ0v) is 63.5. The maximum absolute atomic E-state index is 11.9. The fourth-order valence-electron chi connectivity index (χ4n) is 5.23. The Labute approximate surface area is 648 Å². The van der Waals surface area contributed by atoms with Crippen LogP contribution >= 0.6 is 58.3 Å². The summed E-state index contributed by atoms with van der Waals surface area (Å²) < 4.78 is 36.0. The molecule has 0 aliphatic heterocycles. The van der Waals surface area contributed by atoms with E-state index in [-0.39, 0.29) is 61.1 Å². The van der Waals surface area contributed by atoms with Crippen molar-refractivity contribution in [3.05, 3.63) is 108 Å². The van der Waals surface area contributed by atoms with Crippen LogP contribution in [0, 0.1) is 167 Å². The van der Waals surface area contributed by atoms with E-state index in [9.17, 15) is 22.8 Å². The van der Waals surface area contributed by atoms with Crippen LogP contribution in [0.5, 0.6) is 0 Å². The molecule has 6 aromatic rings. The molecule has 0 saturated heterocycles. The molecule has 0 unspecified atom stereocenters. The van der Waals surface area contributed by atoms with E-state index in [0.717, 1.165) is 30.2 Å². The van der Waals surface area contributed by atoms with E-state index in [1.54, 1.807) is 119 Å². The normalized spacial score (nSPS) is 7.78. The smallest absolute Gasteiger partial charge is 1.00 e. The number of halogens is 3. The van der Waals surface area contributed by atoms with Gasteiger partial charge in [-0.3, -0.25) is 34.1 Å². The number of hydrogen-bond acceptors (Lipinski definition) is 19. The Morgan fingerprint density at radius 3 is 1.14 bits per heavy atom. The summed E-state index contributed by atoms with van der Waals surface area (Å²) in [6.07, 6.45) is 29.4. The minimum atomic E-state index is -3.41. The first-order chi connectivity index (χ1) is 48.4. The van der Waals surface area contributed by atoms with Gasteiger partial charge in [0.15, 0.2) is 25.3 Å². The van der Waals surface area contributed by atoms with Crippen LogP contribution in [0.25, 0.3) is 17.1 Å². The first-order valence-corrected chi connectivity index (χ1v) is 33.1. The zero-order valence-electron chi connectivity index (χ0n) is 56.8. The number of hydrogen-bond donors (Lipinski definition) is 3. The quantitative estimate of drug-likeness (QED) is 0.0604. The number of carbonyl (C=O) groups is 4. The van der Waals surface area contributed by atoms with Crippen molar-refractivity contribution in [3.8, 4) is 184 Å². The number of terminal acetylenes is 2. The second kappa shape index (κ2) is 66.6. The summed E-state index contributed by atoms with van der Waals surface area (Å²) in [6, 6.07) is 11.0. The van der Waals surface area contributed by atoms with Crippen molar-refractivity contribution in [1.82, 2.24) is 44.3 Å². The number of anilines is 3. The Morgan fingerprint density at radius 2 is 0.903 bits per heavy atom. The van der Waals surface area contributed by atoms with Gasteiger partial charge in [-0.15, -0.1) is 12.8 Å². The maximum atomic E-state index is 11.9. The molecule has 6 rings (SSSR count). The summed E-state index contributed by atoms with van der Waals surface area (Å²) >= 11 is 20.8. The van der Waals surface area contributed by atoms with Crippen LogP contribution < -0.4 is 49.9 Å². The molecular weight excluding hydrogens is 1450 g/mol. The number of rotatable bonds is 14. The molecule has 24 nitrogen and oxygen atoms in total. The molecule has 0 atom stereocenters. The second-order valence-electron chi connectivity index (χ2n) is 16.5. The van der Waals surface area contributed by atoms with Crippen molar-refractivity contribution < 1.29 is 87.2 Å². The number of amides is 2. The topological polar surface area (TPSA) is 312 Å². The van der Waals surface area contributed by atoms with Gasteiger partial charge in [0.2, 0.25) is 11.8 Å². The first kappa shape index (κ1) is 100. The van der Waals surface area contributed by atoms with Crippen molar-refractivity contribution >= 4 is 116 Å². The Hall–Kier alpha value is -11.3. The van der Waals surface area contributed by atoms with E-state index in [0.29, 0.717) is 33.1 Å². The van der Waals surface area contributed by atoms with Gasteiger partial charge in [-0.2, -0.15) is 38.8 Å².